The summed E-state index contributed by atoms with van der Waals surface area (Å²) in [6.07, 6.45) is 5.68. The smallest absolute Gasteiger partial charge is 0.126 e. The van der Waals surface area contributed by atoms with Gasteiger partial charge in [-0.2, -0.15) is 0 Å². The lowest BCUT2D eigenvalue weighted by Gasteiger charge is -1.98. The molecule has 0 fully saturated rings. The van der Waals surface area contributed by atoms with Crippen LogP contribution < -0.4 is 0 Å². The van der Waals surface area contributed by atoms with Crippen molar-refractivity contribution in [1.82, 2.24) is 0 Å². The lowest BCUT2D eigenvalue weighted by atomic mass is 10.1. The number of rotatable bonds is 1. The van der Waals surface area contributed by atoms with E-state index < -0.39 is 0 Å². The van der Waals surface area contributed by atoms with Gasteiger partial charge in [0.1, 0.15) is 5.82 Å². The van der Waals surface area contributed by atoms with E-state index >= 15 is 0 Å². The van der Waals surface area contributed by atoms with Gasteiger partial charge in [-0.05, 0) is 24.1 Å². The molecule has 0 saturated heterocycles. The number of hydrogen-bond acceptors (Lipinski definition) is 0. The second kappa shape index (κ2) is 3.21. The number of halogens is 1. The van der Waals surface area contributed by atoms with Crippen molar-refractivity contribution in [1.29, 1.82) is 0 Å². The molecule has 11 heavy (non-hydrogen) atoms. The first-order valence-corrected chi connectivity index (χ1v) is 3.42. The first-order chi connectivity index (χ1) is 5.24. The Bertz CT molecular complexity index is 294. The Balaban J connectivity index is 2.98. The number of benzene rings is 1. The molecule has 0 nitrogen and oxygen atoms in total. The summed E-state index contributed by atoms with van der Waals surface area (Å²) in [7, 11) is 0. The molecule has 1 aromatic rings. The maximum atomic E-state index is 12.7. The highest BCUT2D eigenvalue weighted by Gasteiger charge is 1.96. The van der Waals surface area contributed by atoms with Crippen molar-refractivity contribution >= 4 is 0 Å². The highest BCUT2D eigenvalue weighted by molar-refractivity contribution is 5.26. The van der Waals surface area contributed by atoms with Crippen LogP contribution in [-0.4, -0.2) is 0 Å². The summed E-state index contributed by atoms with van der Waals surface area (Å²) in [6.45, 7) is 1.73. The topological polar surface area (TPSA) is 0 Å². The van der Waals surface area contributed by atoms with Crippen LogP contribution in [0.1, 0.15) is 11.1 Å². The zero-order valence-corrected chi connectivity index (χ0v) is 6.39. The summed E-state index contributed by atoms with van der Waals surface area (Å²) in [5.74, 6) is 2.33. The van der Waals surface area contributed by atoms with Crippen molar-refractivity contribution in [3.05, 3.63) is 35.1 Å². The van der Waals surface area contributed by atoms with E-state index in [1.165, 1.54) is 6.07 Å². The van der Waals surface area contributed by atoms with Crippen molar-refractivity contribution in [2.75, 3.05) is 0 Å². The van der Waals surface area contributed by atoms with E-state index in [1.807, 2.05) is 0 Å². The third-order valence-electron chi connectivity index (χ3n) is 1.53. The lowest BCUT2D eigenvalue weighted by molar-refractivity contribution is 0.618. The van der Waals surface area contributed by atoms with Gasteiger partial charge >= 0.3 is 0 Å². The Morgan fingerprint density at radius 2 is 2.27 bits per heavy atom. The molecule has 1 aromatic carbocycles. The molecule has 0 amide bonds. The molecule has 0 saturated carbocycles. The van der Waals surface area contributed by atoms with E-state index in [-0.39, 0.29) is 5.82 Å². The van der Waals surface area contributed by atoms with Crippen molar-refractivity contribution in [3.8, 4) is 12.3 Å². The fraction of sp³-hybridized carbons (Fsp3) is 0.200. The molecular weight excluding hydrogens is 139 g/mol. The largest absolute Gasteiger partial charge is 0.207 e. The fourth-order valence-electron chi connectivity index (χ4n) is 0.935. The zero-order valence-electron chi connectivity index (χ0n) is 6.39. The second-order valence-corrected chi connectivity index (χ2v) is 2.46. The van der Waals surface area contributed by atoms with Crippen molar-refractivity contribution < 1.29 is 4.39 Å². The molecule has 0 aromatic heterocycles. The molecule has 0 N–H and O–H groups in total. The first kappa shape index (κ1) is 7.81. The molecule has 0 unspecified atom stereocenters. The van der Waals surface area contributed by atoms with Crippen LogP contribution in [0.15, 0.2) is 18.2 Å². The van der Waals surface area contributed by atoms with E-state index in [9.17, 15) is 4.39 Å². The van der Waals surface area contributed by atoms with Gasteiger partial charge in [-0.15, -0.1) is 12.3 Å². The molecule has 56 valence electrons. The van der Waals surface area contributed by atoms with Gasteiger partial charge in [0.15, 0.2) is 0 Å². The number of hydrogen-bond donors (Lipinski definition) is 0. The monoisotopic (exact) mass is 148 g/mol. The van der Waals surface area contributed by atoms with Gasteiger partial charge in [-0.25, -0.2) is 4.39 Å². The third-order valence-corrected chi connectivity index (χ3v) is 1.53. The Kier molecular flexibility index (Phi) is 2.28. The molecule has 0 bridgehead atoms. The predicted octanol–water partition coefficient (Wildman–Crippen LogP) is 2.31. The van der Waals surface area contributed by atoms with Gasteiger partial charge in [0, 0.05) is 6.42 Å². The van der Waals surface area contributed by atoms with Crippen LogP contribution in [0, 0.1) is 25.1 Å². The van der Waals surface area contributed by atoms with Crippen LogP contribution in [0.3, 0.4) is 0 Å². The van der Waals surface area contributed by atoms with Crippen molar-refractivity contribution in [3.63, 3.8) is 0 Å². The Morgan fingerprint density at radius 3 is 2.82 bits per heavy atom. The highest BCUT2D eigenvalue weighted by Crippen LogP contribution is 2.08. The van der Waals surface area contributed by atoms with Gasteiger partial charge in [0.25, 0.3) is 0 Å². The van der Waals surface area contributed by atoms with Crippen LogP contribution in [-0.2, 0) is 6.42 Å². The summed E-state index contributed by atoms with van der Waals surface area (Å²) in [5.41, 5.74) is 1.64. The molecule has 0 aliphatic carbocycles. The Labute approximate surface area is 66.1 Å². The molecule has 1 rings (SSSR count). The average Bonchev–Trinajstić information content (AvgIpc) is 1.98. The Morgan fingerprint density at radius 1 is 1.55 bits per heavy atom. The second-order valence-electron chi connectivity index (χ2n) is 2.46. The average molecular weight is 148 g/mol. The fourth-order valence-corrected chi connectivity index (χ4v) is 0.935. The van der Waals surface area contributed by atoms with Gasteiger partial charge in [-0.3, -0.25) is 0 Å². The molecule has 0 atom stereocenters. The third kappa shape index (κ3) is 1.81. The van der Waals surface area contributed by atoms with Crippen LogP contribution in [0.4, 0.5) is 4.39 Å². The van der Waals surface area contributed by atoms with Crippen molar-refractivity contribution in [2.24, 2.45) is 0 Å². The van der Waals surface area contributed by atoms with E-state index in [1.54, 1.807) is 19.1 Å². The van der Waals surface area contributed by atoms with E-state index in [4.69, 9.17) is 6.42 Å². The van der Waals surface area contributed by atoms with Gasteiger partial charge in [0.05, 0.1) is 0 Å². The SMILES string of the molecule is C#CCc1ccc(F)c(C)c1. The Hall–Kier alpha value is -1.29. The normalized spacial score (nSPS) is 9.18. The summed E-state index contributed by atoms with van der Waals surface area (Å²) in [6, 6.07) is 4.93. The standard InChI is InChI=1S/C10H9F/c1-3-4-9-5-6-10(11)8(2)7-9/h1,5-7H,4H2,2H3. The molecule has 0 aliphatic rings. The van der Waals surface area contributed by atoms with Crippen LogP contribution in [0.5, 0.6) is 0 Å². The zero-order chi connectivity index (χ0) is 8.27. The quantitative estimate of drug-likeness (QED) is 0.536. The van der Waals surface area contributed by atoms with Gasteiger partial charge in [0.2, 0.25) is 0 Å². The molecular formula is C10H9F. The minimum absolute atomic E-state index is 0.175. The number of aryl methyl sites for hydroxylation is 1. The molecule has 0 spiro atoms. The van der Waals surface area contributed by atoms with E-state index in [2.05, 4.69) is 5.92 Å². The molecule has 0 radical (unpaired) electrons. The molecule has 0 aliphatic heterocycles. The van der Waals surface area contributed by atoms with Gasteiger partial charge in [-0.1, -0.05) is 12.1 Å². The summed E-state index contributed by atoms with van der Waals surface area (Å²) in [4.78, 5) is 0. The minimum Gasteiger partial charge on any atom is -0.207 e. The summed E-state index contributed by atoms with van der Waals surface area (Å²) >= 11 is 0. The first-order valence-electron chi connectivity index (χ1n) is 3.42. The summed E-state index contributed by atoms with van der Waals surface area (Å²) in [5, 5.41) is 0. The summed E-state index contributed by atoms with van der Waals surface area (Å²) < 4.78 is 12.7. The minimum atomic E-state index is -0.175. The van der Waals surface area contributed by atoms with E-state index in [0.717, 1.165) is 5.56 Å². The van der Waals surface area contributed by atoms with Crippen LogP contribution in [0.25, 0.3) is 0 Å². The van der Waals surface area contributed by atoms with E-state index in [0.29, 0.717) is 12.0 Å². The predicted molar refractivity (Wildman–Crippen MR) is 43.7 cm³/mol. The molecule has 1 heteroatoms. The van der Waals surface area contributed by atoms with Crippen molar-refractivity contribution in [2.45, 2.75) is 13.3 Å². The van der Waals surface area contributed by atoms with Crippen LogP contribution in [0.2, 0.25) is 0 Å². The van der Waals surface area contributed by atoms with Gasteiger partial charge < -0.3 is 0 Å². The molecule has 0 heterocycles. The highest BCUT2D eigenvalue weighted by atomic mass is 19.1. The lowest BCUT2D eigenvalue weighted by Crippen LogP contribution is -1.86. The van der Waals surface area contributed by atoms with Crippen LogP contribution >= 0.6 is 0 Å². The maximum absolute atomic E-state index is 12.7. The number of terminal acetylenes is 1. The maximum Gasteiger partial charge on any atom is 0.126 e.